The average Bonchev–Trinajstić information content (AvgIpc) is 2.17. The summed E-state index contributed by atoms with van der Waals surface area (Å²) in [6.45, 7) is 0. The fraction of sp³-hybridized carbons (Fsp3) is 0.333. The molecule has 0 aromatic heterocycles. The number of aliphatic hydroxyl groups is 4. The molecule has 12 N–H and O–H groups in total. The zero-order valence-corrected chi connectivity index (χ0v) is 12.5. The van der Waals surface area contributed by atoms with Gasteiger partial charge in [-0.05, 0) is 0 Å². The Labute approximate surface area is 149 Å². The summed E-state index contributed by atoms with van der Waals surface area (Å²) in [4.78, 5) is 38.0. The van der Waals surface area contributed by atoms with Crippen molar-refractivity contribution in [2.45, 2.75) is 11.6 Å². The molecule has 0 aliphatic carbocycles. The summed E-state index contributed by atoms with van der Waals surface area (Å²) in [6.07, 6.45) is 0. The normalized spacial score (nSPS) is 8.91. The van der Waals surface area contributed by atoms with Gasteiger partial charge in [0.15, 0.2) is 0 Å². The van der Waals surface area contributed by atoms with E-state index >= 15 is 0 Å². The maximum Gasteiger partial charge on any atom is 2.00 e. The summed E-state index contributed by atoms with van der Waals surface area (Å²) in [6, 6.07) is 0. The summed E-state index contributed by atoms with van der Waals surface area (Å²) in [5, 5.41) is 66.2. The number of rotatable bonds is 4. The van der Waals surface area contributed by atoms with Gasteiger partial charge in [0.1, 0.15) is 11.9 Å². The number of carboxylic acid groups (broad SMARTS) is 4. The van der Waals surface area contributed by atoms with E-state index in [2.05, 4.69) is 0 Å². The predicted octanol–water partition coefficient (Wildman–Crippen LogP) is -9.85. The zero-order valence-electron chi connectivity index (χ0n) is 10.3. The van der Waals surface area contributed by atoms with Gasteiger partial charge in [0.2, 0.25) is 0 Å². The van der Waals surface area contributed by atoms with Crippen molar-refractivity contribution in [3.05, 3.63) is 0 Å². The summed E-state index contributed by atoms with van der Waals surface area (Å²) < 4.78 is 0. The van der Waals surface area contributed by atoms with Gasteiger partial charge in [-0.2, -0.15) is 0 Å². The Balaban J connectivity index is -0.0000000492. The molecule has 0 amide bonds. The van der Waals surface area contributed by atoms with Crippen molar-refractivity contribution < 1.29 is 76.5 Å². The summed E-state index contributed by atoms with van der Waals surface area (Å²) in [7, 11) is 0. The van der Waals surface area contributed by atoms with Gasteiger partial charge in [0.05, 0.1) is 0 Å². The van der Waals surface area contributed by atoms with Crippen LogP contribution in [-0.4, -0.2) is 120 Å². The molecule has 0 unspecified atom stereocenters. The first-order valence-electron chi connectivity index (χ1n) is 3.57. The molecule has 22 heavy (non-hydrogen) atoms. The molecule has 0 saturated heterocycles. The second kappa shape index (κ2) is 13.5. The van der Waals surface area contributed by atoms with E-state index in [1.54, 1.807) is 0 Å². The minimum Gasteiger partial charge on any atom is -0.544 e. The third-order valence-corrected chi connectivity index (χ3v) is 1.17. The standard InChI is InChI=1S/2C3H4O6.Ca.3H2O/c2*4-1(5)3(8,9)2(6)7;;;;/h2*8-9H,(H,4,5)(H,6,7);;3*1H2/q;;+2;;;/p-2. The third kappa shape index (κ3) is 11.5. The van der Waals surface area contributed by atoms with Crippen LogP contribution in [0, 0.1) is 0 Å². The van der Waals surface area contributed by atoms with Crippen LogP contribution in [0.15, 0.2) is 0 Å². The van der Waals surface area contributed by atoms with Crippen LogP contribution in [0.25, 0.3) is 0 Å². The Morgan fingerprint density at radius 1 is 0.636 bits per heavy atom. The maximum absolute atomic E-state index is 9.54. The van der Waals surface area contributed by atoms with E-state index in [0.29, 0.717) is 0 Å². The number of carbonyl (C=O) groups excluding carboxylic acids is 2. The first-order valence-corrected chi connectivity index (χ1v) is 3.57. The van der Waals surface area contributed by atoms with Crippen LogP contribution in [-0.2, 0) is 19.2 Å². The Morgan fingerprint density at radius 3 is 0.773 bits per heavy atom. The van der Waals surface area contributed by atoms with Crippen molar-refractivity contribution in [3.8, 4) is 0 Å². The average molecular weight is 364 g/mol. The molecular formula is C6H12CaO15. The van der Waals surface area contributed by atoms with Gasteiger partial charge in [-0.15, -0.1) is 0 Å². The number of carbonyl (C=O) groups is 4. The first kappa shape index (κ1) is 37.3. The van der Waals surface area contributed by atoms with E-state index in [1.165, 1.54) is 0 Å². The molecule has 15 nitrogen and oxygen atoms in total. The van der Waals surface area contributed by atoms with Crippen LogP contribution in [0.4, 0.5) is 0 Å². The summed E-state index contributed by atoms with van der Waals surface area (Å²) >= 11 is 0. The van der Waals surface area contributed by atoms with Gasteiger partial charge in [0, 0.05) is 0 Å². The van der Waals surface area contributed by atoms with E-state index in [4.69, 9.17) is 30.6 Å². The molecule has 0 atom stereocenters. The van der Waals surface area contributed by atoms with E-state index in [0.717, 1.165) is 0 Å². The number of carboxylic acids is 4. The van der Waals surface area contributed by atoms with E-state index in [-0.39, 0.29) is 54.2 Å². The molecule has 0 rings (SSSR count). The summed E-state index contributed by atoms with van der Waals surface area (Å²) in [5.74, 6) is -17.0. The van der Waals surface area contributed by atoms with Gasteiger partial charge < -0.3 is 66.9 Å². The Morgan fingerprint density at radius 2 is 0.773 bits per heavy atom. The third-order valence-electron chi connectivity index (χ3n) is 1.17. The van der Waals surface area contributed by atoms with Crippen molar-refractivity contribution >= 4 is 61.6 Å². The maximum atomic E-state index is 9.54. The molecule has 0 spiro atoms. The Kier molecular flexibility index (Phi) is 22.9. The molecule has 0 aromatic carbocycles. The number of hydrogen-bond donors (Lipinski definition) is 6. The molecule has 0 bridgehead atoms. The van der Waals surface area contributed by atoms with Crippen molar-refractivity contribution in [2.75, 3.05) is 0 Å². The van der Waals surface area contributed by atoms with Crippen molar-refractivity contribution in [1.82, 2.24) is 0 Å². The predicted molar refractivity (Wildman–Crippen MR) is 56.2 cm³/mol. The second-order valence-corrected chi connectivity index (χ2v) is 2.53. The number of hydrogen-bond acceptors (Lipinski definition) is 10. The quantitative estimate of drug-likeness (QED) is 0.154. The van der Waals surface area contributed by atoms with Crippen LogP contribution in [0.3, 0.4) is 0 Å². The summed E-state index contributed by atoms with van der Waals surface area (Å²) in [5.41, 5.74) is 0. The largest absolute Gasteiger partial charge is 2.00 e. The molecule has 0 aliphatic rings. The van der Waals surface area contributed by atoms with Crippen LogP contribution in [0.5, 0.6) is 0 Å². The van der Waals surface area contributed by atoms with Crippen LogP contribution >= 0.6 is 0 Å². The molecule has 0 heterocycles. The first-order chi connectivity index (χ1) is 7.77. The van der Waals surface area contributed by atoms with Crippen molar-refractivity contribution in [1.29, 1.82) is 0 Å². The van der Waals surface area contributed by atoms with Crippen molar-refractivity contribution in [3.63, 3.8) is 0 Å². The molecule has 0 fully saturated rings. The molecular weight excluding hydrogens is 352 g/mol. The molecule has 128 valence electrons. The van der Waals surface area contributed by atoms with E-state index in [1.807, 2.05) is 0 Å². The van der Waals surface area contributed by atoms with Gasteiger partial charge in [-0.25, -0.2) is 9.59 Å². The van der Waals surface area contributed by atoms with Crippen molar-refractivity contribution in [2.24, 2.45) is 0 Å². The Bertz CT molecular complexity index is 304. The smallest absolute Gasteiger partial charge is 0.544 e. The molecule has 0 radical (unpaired) electrons. The van der Waals surface area contributed by atoms with Crippen LogP contribution in [0.1, 0.15) is 0 Å². The van der Waals surface area contributed by atoms with Gasteiger partial charge >= 0.3 is 61.3 Å². The minimum absolute atomic E-state index is 0. The fourth-order valence-electron chi connectivity index (χ4n) is 0.175. The molecule has 0 aliphatic heterocycles. The van der Waals surface area contributed by atoms with Crippen LogP contribution in [0.2, 0.25) is 0 Å². The van der Waals surface area contributed by atoms with Gasteiger partial charge in [0.25, 0.3) is 0 Å². The SMILES string of the molecule is O.O.O.O=C([O-])C(O)(O)C(=O)O.O=C([O-])C(O)(O)C(=O)O.[Ca+2]. The molecule has 16 heteroatoms. The second-order valence-electron chi connectivity index (χ2n) is 2.53. The zero-order chi connectivity index (χ0) is 15.3. The Hall–Kier alpha value is -1.14. The minimum atomic E-state index is -3.78. The van der Waals surface area contributed by atoms with Gasteiger partial charge in [-0.3, -0.25) is 0 Å². The topological polar surface area (TPSA) is 330 Å². The molecule has 0 saturated carbocycles. The molecule has 0 aromatic rings. The fourth-order valence-corrected chi connectivity index (χ4v) is 0.175. The van der Waals surface area contributed by atoms with Gasteiger partial charge in [-0.1, -0.05) is 0 Å². The van der Waals surface area contributed by atoms with E-state index in [9.17, 15) is 29.4 Å². The van der Waals surface area contributed by atoms with Crippen LogP contribution < -0.4 is 10.2 Å². The number of aliphatic carboxylic acids is 4. The van der Waals surface area contributed by atoms with E-state index < -0.39 is 35.5 Å². The monoisotopic (exact) mass is 364 g/mol.